The van der Waals surface area contributed by atoms with Gasteiger partial charge < -0.3 is 19.9 Å². The van der Waals surface area contributed by atoms with Crippen LogP contribution in [0.1, 0.15) is 13.8 Å². The Bertz CT molecular complexity index is 1470. The summed E-state index contributed by atoms with van der Waals surface area (Å²) in [6.45, 7) is 3.65. The van der Waals surface area contributed by atoms with Crippen LogP contribution in [0.25, 0.3) is 11.2 Å². The Labute approximate surface area is 192 Å². The van der Waals surface area contributed by atoms with Crippen LogP contribution in [0.5, 0.6) is 0 Å². The average molecular weight is 476 g/mol. The van der Waals surface area contributed by atoms with E-state index in [1.165, 1.54) is 41.2 Å². The first-order valence-corrected chi connectivity index (χ1v) is 10.5. The number of aromatic amines is 1. The molecule has 0 radical (unpaired) electrons. The van der Waals surface area contributed by atoms with Crippen LogP contribution in [0.15, 0.2) is 25.5 Å². The Balaban J connectivity index is 2.12. The molecular formula is C20H28N8O6. The highest BCUT2D eigenvalue weighted by Gasteiger charge is 2.26. The molecule has 14 nitrogen and oxygen atoms in total. The lowest BCUT2D eigenvalue weighted by atomic mass is 10.2. The highest BCUT2D eigenvalue weighted by atomic mass is 16.5. The van der Waals surface area contributed by atoms with Crippen molar-refractivity contribution in [2.45, 2.75) is 26.9 Å². The Hall–Kier alpha value is -3.94. The molecule has 3 aromatic heterocycles. The number of amides is 1. The maximum Gasteiger partial charge on any atom is 0.332 e. The Kier molecular flexibility index (Phi) is 6.91. The Morgan fingerprint density at radius 3 is 2.50 bits per heavy atom. The number of carbonyl (C=O) groups is 1. The number of nitrogens with zero attached hydrogens (tertiary/aromatic N) is 6. The number of H-pyrrole nitrogens is 1. The zero-order valence-electron chi connectivity index (χ0n) is 19.7. The molecule has 184 valence electrons. The number of carbonyl (C=O) groups excluding carboxylic acids is 1. The van der Waals surface area contributed by atoms with Crippen molar-refractivity contribution in [1.29, 1.82) is 0 Å². The number of ether oxygens (including phenoxy) is 1. The van der Waals surface area contributed by atoms with Crippen molar-refractivity contribution in [2.75, 3.05) is 30.9 Å². The van der Waals surface area contributed by atoms with Gasteiger partial charge in [-0.3, -0.25) is 33.1 Å². The largest absolute Gasteiger partial charge is 0.383 e. The SMILES string of the molecule is COCCN(C(=O)Cn1cnc2c1c(=O)n(C)c(=O)n2C)c1c(N)n(CC(C)C)c(=O)[nH]c1=O. The zero-order chi connectivity index (χ0) is 25.3. The minimum Gasteiger partial charge on any atom is -0.383 e. The number of anilines is 2. The second kappa shape index (κ2) is 9.51. The van der Waals surface area contributed by atoms with Crippen molar-refractivity contribution in [2.24, 2.45) is 20.0 Å². The highest BCUT2D eigenvalue weighted by molar-refractivity contribution is 5.96. The summed E-state index contributed by atoms with van der Waals surface area (Å²) >= 11 is 0. The van der Waals surface area contributed by atoms with E-state index in [0.717, 1.165) is 9.47 Å². The number of aryl methyl sites for hydroxylation is 1. The third-order valence-corrected chi connectivity index (χ3v) is 5.37. The van der Waals surface area contributed by atoms with Crippen LogP contribution in [0.3, 0.4) is 0 Å². The molecule has 0 bridgehead atoms. The second-order valence-electron chi connectivity index (χ2n) is 8.29. The molecular weight excluding hydrogens is 448 g/mol. The summed E-state index contributed by atoms with van der Waals surface area (Å²) in [6, 6.07) is 0. The molecule has 0 spiro atoms. The number of rotatable bonds is 8. The first-order chi connectivity index (χ1) is 16.0. The van der Waals surface area contributed by atoms with Gasteiger partial charge in [0.2, 0.25) is 5.91 Å². The van der Waals surface area contributed by atoms with E-state index in [9.17, 15) is 24.0 Å². The van der Waals surface area contributed by atoms with E-state index in [2.05, 4.69) is 9.97 Å². The number of nitrogen functional groups attached to an aromatic ring is 1. The quantitative estimate of drug-likeness (QED) is 0.383. The molecule has 0 saturated heterocycles. The van der Waals surface area contributed by atoms with E-state index in [4.69, 9.17) is 10.5 Å². The molecule has 0 aromatic carbocycles. The van der Waals surface area contributed by atoms with Crippen molar-refractivity contribution < 1.29 is 9.53 Å². The summed E-state index contributed by atoms with van der Waals surface area (Å²) in [5.74, 6) is -0.707. The van der Waals surface area contributed by atoms with Crippen molar-refractivity contribution in [3.63, 3.8) is 0 Å². The zero-order valence-corrected chi connectivity index (χ0v) is 19.7. The maximum absolute atomic E-state index is 13.4. The van der Waals surface area contributed by atoms with E-state index < -0.39 is 28.4 Å². The smallest absolute Gasteiger partial charge is 0.332 e. The molecule has 0 aliphatic rings. The van der Waals surface area contributed by atoms with Gasteiger partial charge in [0.15, 0.2) is 16.9 Å². The van der Waals surface area contributed by atoms with Gasteiger partial charge >= 0.3 is 11.4 Å². The maximum atomic E-state index is 13.4. The fourth-order valence-corrected chi connectivity index (χ4v) is 3.68. The van der Waals surface area contributed by atoms with Crippen molar-refractivity contribution in [3.05, 3.63) is 48.0 Å². The van der Waals surface area contributed by atoms with Gasteiger partial charge in [0.25, 0.3) is 11.1 Å². The first kappa shape index (κ1) is 24.7. The number of hydrogen-bond donors (Lipinski definition) is 2. The summed E-state index contributed by atoms with van der Waals surface area (Å²) in [5, 5.41) is 0. The highest BCUT2D eigenvalue weighted by Crippen LogP contribution is 2.19. The lowest BCUT2D eigenvalue weighted by Gasteiger charge is -2.25. The summed E-state index contributed by atoms with van der Waals surface area (Å²) in [4.78, 5) is 70.7. The first-order valence-electron chi connectivity index (χ1n) is 10.5. The fourth-order valence-electron chi connectivity index (χ4n) is 3.68. The lowest BCUT2D eigenvalue weighted by molar-refractivity contribution is -0.119. The summed E-state index contributed by atoms with van der Waals surface area (Å²) < 4.78 is 9.70. The molecule has 0 saturated carbocycles. The molecule has 3 aromatic rings. The predicted octanol–water partition coefficient (Wildman–Crippen LogP) is -1.80. The van der Waals surface area contributed by atoms with Crippen molar-refractivity contribution in [3.8, 4) is 0 Å². The van der Waals surface area contributed by atoms with Crippen LogP contribution in [0.2, 0.25) is 0 Å². The van der Waals surface area contributed by atoms with Gasteiger partial charge in [0.1, 0.15) is 12.4 Å². The molecule has 0 unspecified atom stereocenters. The normalized spacial score (nSPS) is 11.5. The third-order valence-electron chi connectivity index (χ3n) is 5.37. The number of nitrogens with one attached hydrogen (secondary N) is 1. The van der Waals surface area contributed by atoms with E-state index in [-0.39, 0.29) is 54.8 Å². The molecule has 0 aliphatic heterocycles. The van der Waals surface area contributed by atoms with Crippen LogP contribution in [0.4, 0.5) is 11.5 Å². The second-order valence-corrected chi connectivity index (χ2v) is 8.29. The molecule has 3 rings (SSSR count). The summed E-state index contributed by atoms with van der Waals surface area (Å²) in [5.41, 5.74) is 3.50. The molecule has 14 heteroatoms. The monoisotopic (exact) mass is 476 g/mol. The number of fused-ring (bicyclic) bond motifs is 1. The van der Waals surface area contributed by atoms with Gasteiger partial charge in [-0.2, -0.15) is 0 Å². The van der Waals surface area contributed by atoms with Gasteiger partial charge in [-0.25, -0.2) is 14.6 Å². The van der Waals surface area contributed by atoms with Crippen LogP contribution in [-0.4, -0.2) is 54.4 Å². The molecule has 1 amide bonds. The van der Waals surface area contributed by atoms with Gasteiger partial charge in [0, 0.05) is 34.3 Å². The van der Waals surface area contributed by atoms with Crippen LogP contribution >= 0.6 is 0 Å². The van der Waals surface area contributed by atoms with E-state index in [1.807, 2.05) is 13.8 Å². The van der Waals surface area contributed by atoms with Crippen LogP contribution < -0.4 is 33.1 Å². The van der Waals surface area contributed by atoms with E-state index in [1.54, 1.807) is 0 Å². The van der Waals surface area contributed by atoms with E-state index >= 15 is 0 Å². The topological polar surface area (TPSA) is 172 Å². The van der Waals surface area contributed by atoms with Gasteiger partial charge in [-0.1, -0.05) is 13.8 Å². The van der Waals surface area contributed by atoms with Gasteiger partial charge in [0.05, 0.1) is 12.9 Å². The molecule has 3 N–H and O–H groups in total. The number of nitrogens with two attached hydrogens (primary N) is 1. The minimum absolute atomic E-state index is 0.0361. The molecule has 3 heterocycles. The lowest BCUT2D eigenvalue weighted by Crippen LogP contribution is -2.44. The molecule has 0 fully saturated rings. The molecule has 0 aliphatic carbocycles. The van der Waals surface area contributed by atoms with Crippen molar-refractivity contribution in [1.82, 2.24) is 28.2 Å². The molecule has 0 atom stereocenters. The van der Waals surface area contributed by atoms with Crippen LogP contribution in [0, 0.1) is 5.92 Å². The van der Waals surface area contributed by atoms with Gasteiger partial charge in [-0.15, -0.1) is 0 Å². The third kappa shape index (κ3) is 4.31. The van der Waals surface area contributed by atoms with Crippen LogP contribution in [-0.2, 0) is 36.7 Å². The fraction of sp³-hybridized carbons (Fsp3) is 0.500. The number of hydrogen-bond acceptors (Lipinski definition) is 8. The number of imidazole rings is 1. The summed E-state index contributed by atoms with van der Waals surface area (Å²) in [7, 11) is 4.22. The standard InChI is InChI=1S/C20H28N8O6/c1-11(2)8-28-15(21)13(17(30)23-19(28)32)27(6-7-34-5)12(29)9-26-10-22-16-14(26)18(31)25(4)20(33)24(16)3/h10-11H,6-9,21H2,1-5H3,(H,23,30,32). The number of aromatic nitrogens is 6. The Morgan fingerprint density at radius 2 is 1.88 bits per heavy atom. The average Bonchev–Trinajstić information content (AvgIpc) is 3.19. The van der Waals surface area contributed by atoms with E-state index in [0.29, 0.717) is 0 Å². The number of methoxy groups -OCH3 is 1. The Morgan fingerprint density at radius 1 is 1.21 bits per heavy atom. The molecule has 34 heavy (non-hydrogen) atoms. The predicted molar refractivity (Wildman–Crippen MR) is 125 cm³/mol. The van der Waals surface area contributed by atoms with Crippen molar-refractivity contribution >= 4 is 28.6 Å². The van der Waals surface area contributed by atoms with Gasteiger partial charge in [-0.05, 0) is 5.92 Å². The minimum atomic E-state index is -0.819. The summed E-state index contributed by atoms with van der Waals surface area (Å²) in [6.07, 6.45) is 1.27.